The van der Waals surface area contributed by atoms with E-state index in [1.165, 1.54) is 24.7 Å². The zero-order valence-electron chi connectivity index (χ0n) is 13.0. The SMILES string of the molecule is CS(=O)(=O)NCCC1CCCCN1Cc1cccc(N)c1.Cl. The number of sulfonamides is 1. The summed E-state index contributed by atoms with van der Waals surface area (Å²) in [6.07, 6.45) is 5.62. The van der Waals surface area contributed by atoms with Gasteiger partial charge in [0.05, 0.1) is 6.26 Å². The Balaban J connectivity index is 0.00000242. The number of nitrogens with one attached hydrogen (secondary N) is 1. The predicted octanol–water partition coefficient (Wildman–Crippen LogP) is 1.98. The van der Waals surface area contributed by atoms with E-state index < -0.39 is 10.0 Å². The van der Waals surface area contributed by atoms with Crippen LogP contribution in [0.5, 0.6) is 0 Å². The molecule has 1 aliphatic heterocycles. The fourth-order valence-corrected chi connectivity index (χ4v) is 3.42. The second-order valence-corrected chi connectivity index (χ2v) is 7.65. The van der Waals surface area contributed by atoms with Gasteiger partial charge in [-0.25, -0.2) is 13.1 Å². The van der Waals surface area contributed by atoms with Crippen LogP contribution in [0.3, 0.4) is 0 Å². The number of benzene rings is 1. The summed E-state index contributed by atoms with van der Waals surface area (Å²) in [4.78, 5) is 2.45. The van der Waals surface area contributed by atoms with Gasteiger partial charge >= 0.3 is 0 Å². The van der Waals surface area contributed by atoms with E-state index in [4.69, 9.17) is 5.73 Å². The minimum Gasteiger partial charge on any atom is -0.399 e. The lowest BCUT2D eigenvalue weighted by molar-refractivity contribution is 0.133. The lowest BCUT2D eigenvalue weighted by Crippen LogP contribution is -2.41. The van der Waals surface area contributed by atoms with Crippen LogP contribution in [0, 0.1) is 0 Å². The third kappa shape index (κ3) is 6.52. The molecule has 126 valence electrons. The molecule has 0 amide bonds. The Kier molecular flexibility index (Phi) is 7.62. The van der Waals surface area contributed by atoms with Crippen LogP contribution in [0.25, 0.3) is 0 Å². The summed E-state index contributed by atoms with van der Waals surface area (Å²) in [5.41, 5.74) is 7.84. The Morgan fingerprint density at radius 3 is 2.82 bits per heavy atom. The van der Waals surface area contributed by atoms with Crippen molar-refractivity contribution in [3.63, 3.8) is 0 Å². The number of hydrogen-bond donors (Lipinski definition) is 2. The van der Waals surface area contributed by atoms with Gasteiger partial charge in [-0.1, -0.05) is 18.6 Å². The molecule has 2 rings (SSSR count). The quantitative estimate of drug-likeness (QED) is 0.771. The van der Waals surface area contributed by atoms with Gasteiger partial charge in [0.25, 0.3) is 0 Å². The lowest BCUT2D eigenvalue weighted by atomic mass is 9.98. The number of likely N-dealkylation sites (tertiary alicyclic amines) is 1. The Hall–Kier alpha value is -0.820. The first-order chi connectivity index (χ1) is 9.94. The average Bonchev–Trinajstić information content (AvgIpc) is 2.39. The number of nitrogen functional groups attached to an aromatic ring is 1. The van der Waals surface area contributed by atoms with E-state index >= 15 is 0 Å². The van der Waals surface area contributed by atoms with Gasteiger partial charge in [0.15, 0.2) is 0 Å². The molecule has 1 unspecified atom stereocenters. The largest absolute Gasteiger partial charge is 0.399 e. The molecule has 0 spiro atoms. The Morgan fingerprint density at radius 1 is 1.36 bits per heavy atom. The van der Waals surface area contributed by atoms with Crippen molar-refractivity contribution < 1.29 is 8.42 Å². The van der Waals surface area contributed by atoms with Gasteiger partial charge in [0.2, 0.25) is 10.0 Å². The number of anilines is 1. The number of halogens is 1. The zero-order chi connectivity index (χ0) is 15.3. The van der Waals surface area contributed by atoms with Crippen LogP contribution in [0.2, 0.25) is 0 Å². The van der Waals surface area contributed by atoms with E-state index in [1.807, 2.05) is 18.2 Å². The highest BCUT2D eigenvalue weighted by atomic mass is 35.5. The molecule has 1 fully saturated rings. The van der Waals surface area contributed by atoms with Crippen molar-refractivity contribution in [1.82, 2.24) is 9.62 Å². The van der Waals surface area contributed by atoms with Gasteiger partial charge in [-0.15, -0.1) is 12.4 Å². The second kappa shape index (κ2) is 8.72. The molecule has 1 saturated heterocycles. The van der Waals surface area contributed by atoms with Crippen molar-refractivity contribution in [3.8, 4) is 0 Å². The number of piperidine rings is 1. The summed E-state index contributed by atoms with van der Waals surface area (Å²) in [6, 6.07) is 8.42. The second-order valence-electron chi connectivity index (χ2n) is 5.82. The first-order valence-electron chi connectivity index (χ1n) is 7.47. The molecular weight excluding hydrogens is 322 g/mol. The minimum absolute atomic E-state index is 0. The van der Waals surface area contributed by atoms with Crippen LogP contribution in [-0.4, -0.2) is 38.7 Å². The van der Waals surface area contributed by atoms with Crippen molar-refractivity contribution >= 4 is 28.1 Å². The molecule has 1 heterocycles. The van der Waals surface area contributed by atoms with E-state index in [1.54, 1.807) is 0 Å². The maximum absolute atomic E-state index is 11.1. The third-order valence-electron chi connectivity index (χ3n) is 3.93. The highest BCUT2D eigenvalue weighted by molar-refractivity contribution is 7.88. The van der Waals surface area contributed by atoms with Crippen molar-refractivity contribution in [3.05, 3.63) is 29.8 Å². The van der Waals surface area contributed by atoms with Crippen molar-refractivity contribution in [2.75, 3.05) is 25.1 Å². The van der Waals surface area contributed by atoms with Crippen LogP contribution >= 0.6 is 12.4 Å². The van der Waals surface area contributed by atoms with Gasteiger partial charge in [-0.2, -0.15) is 0 Å². The predicted molar refractivity (Wildman–Crippen MR) is 93.6 cm³/mol. The van der Waals surface area contributed by atoms with Gasteiger partial charge < -0.3 is 5.73 Å². The fraction of sp³-hybridized carbons (Fsp3) is 0.600. The van der Waals surface area contributed by atoms with E-state index in [0.717, 1.165) is 31.6 Å². The Labute approximate surface area is 139 Å². The van der Waals surface area contributed by atoms with E-state index in [0.29, 0.717) is 12.6 Å². The van der Waals surface area contributed by atoms with Crippen LogP contribution in [0.15, 0.2) is 24.3 Å². The molecule has 0 aliphatic carbocycles. The van der Waals surface area contributed by atoms with Crippen molar-refractivity contribution in [2.45, 2.75) is 38.3 Å². The fourth-order valence-electron chi connectivity index (χ4n) is 2.93. The summed E-state index contributed by atoms with van der Waals surface area (Å²) in [6.45, 7) is 2.46. The van der Waals surface area contributed by atoms with Gasteiger partial charge in [0, 0.05) is 24.8 Å². The van der Waals surface area contributed by atoms with Crippen LogP contribution in [-0.2, 0) is 16.6 Å². The molecular formula is C15H26ClN3O2S. The molecule has 7 heteroatoms. The molecule has 1 aromatic carbocycles. The monoisotopic (exact) mass is 347 g/mol. The lowest BCUT2D eigenvalue weighted by Gasteiger charge is -2.36. The number of nitrogens with two attached hydrogens (primary N) is 1. The summed E-state index contributed by atoms with van der Waals surface area (Å²) >= 11 is 0. The van der Waals surface area contributed by atoms with Crippen LogP contribution in [0.1, 0.15) is 31.2 Å². The standard InChI is InChI=1S/C15H25N3O2S.ClH/c1-21(19,20)17-9-8-15-7-2-3-10-18(15)12-13-5-4-6-14(16)11-13;/h4-6,11,15,17H,2-3,7-10,12,16H2,1H3;1H. The molecule has 0 saturated carbocycles. The molecule has 1 aromatic rings. The highest BCUT2D eigenvalue weighted by Crippen LogP contribution is 2.22. The summed E-state index contributed by atoms with van der Waals surface area (Å²) < 4.78 is 24.9. The average molecular weight is 348 g/mol. The minimum atomic E-state index is -3.09. The van der Waals surface area contributed by atoms with Crippen molar-refractivity contribution in [2.24, 2.45) is 0 Å². The first-order valence-corrected chi connectivity index (χ1v) is 9.36. The highest BCUT2D eigenvalue weighted by Gasteiger charge is 2.22. The first kappa shape index (κ1) is 19.2. The Bertz CT molecular complexity index is 566. The van der Waals surface area contributed by atoms with Crippen LogP contribution in [0.4, 0.5) is 5.69 Å². The molecule has 0 aromatic heterocycles. The molecule has 0 radical (unpaired) electrons. The van der Waals surface area contributed by atoms with Gasteiger partial charge in [0.1, 0.15) is 0 Å². The number of nitrogens with zero attached hydrogens (tertiary/aromatic N) is 1. The van der Waals surface area contributed by atoms with Gasteiger partial charge in [-0.3, -0.25) is 4.90 Å². The summed E-state index contributed by atoms with van der Waals surface area (Å²) in [5.74, 6) is 0. The smallest absolute Gasteiger partial charge is 0.208 e. The Morgan fingerprint density at radius 2 is 2.14 bits per heavy atom. The molecule has 1 aliphatic rings. The molecule has 5 nitrogen and oxygen atoms in total. The van der Waals surface area contributed by atoms with E-state index in [-0.39, 0.29) is 12.4 Å². The molecule has 22 heavy (non-hydrogen) atoms. The maximum Gasteiger partial charge on any atom is 0.208 e. The molecule has 0 bridgehead atoms. The topological polar surface area (TPSA) is 75.4 Å². The number of hydrogen-bond acceptors (Lipinski definition) is 4. The third-order valence-corrected chi connectivity index (χ3v) is 4.66. The van der Waals surface area contributed by atoms with E-state index in [2.05, 4.69) is 15.7 Å². The summed E-state index contributed by atoms with van der Waals surface area (Å²) in [5, 5.41) is 0. The zero-order valence-corrected chi connectivity index (χ0v) is 14.6. The summed E-state index contributed by atoms with van der Waals surface area (Å²) in [7, 11) is -3.09. The van der Waals surface area contributed by atoms with Crippen LogP contribution < -0.4 is 10.5 Å². The van der Waals surface area contributed by atoms with E-state index in [9.17, 15) is 8.42 Å². The van der Waals surface area contributed by atoms with Crippen molar-refractivity contribution in [1.29, 1.82) is 0 Å². The van der Waals surface area contributed by atoms with Gasteiger partial charge in [-0.05, 0) is 43.5 Å². The molecule has 1 atom stereocenters. The maximum atomic E-state index is 11.1. The molecule has 3 N–H and O–H groups in total. The number of rotatable bonds is 6. The normalized spacial score (nSPS) is 19.6.